The molecule has 2 saturated heterocycles. The Hall–Kier alpha value is -7.17. The Bertz CT molecular complexity index is 3350. The molecule has 5 heterocycles. The third-order valence-electron chi connectivity index (χ3n) is 13.9. The maximum atomic E-state index is 14.6. The van der Waals surface area contributed by atoms with Gasteiger partial charge in [-0.3, -0.25) is 39.1 Å². The van der Waals surface area contributed by atoms with Gasteiger partial charge >= 0.3 is 5.97 Å². The van der Waals surface area contributed by atoms with Crippen molar-refractivity contribution in [2.24, 2.45) is 7.05 Å². The van der Waals surface area contributed by atoms with Gasteiger partial charge < -0.3 is 24.3 Å². The number of imide groups is 1. The highest BCUT2D eigenvalue weighted by Gasteiger charge is 2.33. The van der Waals surface area contributed by atoms with Crippen molar-refractivity contribution in [3.63, 3.8) is 0 Å². The number of carbonyl (C=O) groups is 5. The quantitative estimate of drug-likeness (QED) is 0.0612. The van der Waals surface area contributed by atoms with E-state index < -0.39 is 23.4 Å². The van der Waals surface area contributed by atoms with Gasteiger partial charge in [-0.25, -0.2) is 9.18 Å². The molecule has 17 heteroatoms. The van der Waals surface area contributed by atoms with Crippen LogP contribution in [0.2, 0.25) is 5.02 Å². The van der Waals surface area contributed by atoms with Gasteiger partial charge in [-0.15, -0.1) is 0 Å². The molecule has 9 rings (SSSR count). The lowest BCUT2D eigenvalue weighted by molar-refractivity contribution is -0.134. The van der Waals surface area contributed by atoms with Crippen LogP contribution >= 0.6 is 11.6 Å². The molecular weight excluding hydrogens is 951 g/mol. The Morgan fingerprint density at radius 1 is 0.890 bits per heavy atom. The van der Waals surface area contributed by atoms with Gasteiger partial charge in [0.1, 0.15) is 22.9 Å². The summed E-state index contributed by atoms with van der Waals surface area (Å²) >= 11 is 7.20. The first kappa shape index (κ1) is 50.8. The van der Waals surface area contributed by atoms with Crippen molar-refractivity contribution in [3.8, 4) is 16.9 Å². The van der Waals surface area contributed by atoms with E-state index in [4.69, 9.17) is 26.2 Å². The first-order chi connectivity index (χ1) is 34.8. The number of nitrogens with one attached hydrogen (secondary N) is 2. The highest BCUT2D eigenvalue weighted by molar-refractivity contribution is 6.35. The Morgan fingerprint density at radius 2 is 1.66 bits per heavy atom. The summed E-state index contributed by atoms with van der Waals surface area (Å²) in [5, 5.41) is 13.6. The topological polar surface area (TPSA) is 170 Å². The van der Waals surface area contributed by atoms with E-state index in [0.717, 1.165) is 49.8 Å². The zero-order valence-corrected chi connectivity index (χ0v) is 43.0. The lowest BCUT2D eigenvalue weighted by Crippen LogP contribution is -2.51. The molecule has 73 heavy (non-hydrogen) atoms. The number of aryl methyl sites for hydroxylation is 4. The Kier molecular flexibility index (Phi) is 14.4. The van der Waals surface area contributed by atoms with Crippen LogP contribution in [0.1, 0.15) is 95.0 Å². The van der Waals surface area contributed by atoms with Crippen molar-refractivity contribution in [1.29, 1.82) is 0 Å². The number of ether oxygens (including phenoxy) is 2. The Labute approximate surface area is 427 Å². The van der Waals surface area contributed by atoms with Gasteiger partial charge in [-0.1, -0.05) is 29.8 Å². The van der Waals surface area contributed by atoms with E-state index in [1.165, 1.54) is 12.1 Å². The number of hydrogen-bond donors (Lipinski definition) is 2. The number of rotatable bonds is 14. The summed E-state index contributed by atoms with van der Waals surface area (Å²) in [6.07, 6.45) is 1.66. The van der Waals surface area contributed by atoms with Crippen molar-refractivity contribution < 1.29 is 37.8 Å². The van der Waals surface area contributed by atoms with Gasteiger partial charge in [-0.05, 0) is 132 Å². The van der Waals surface area contributed by atoms with Crippen LogP contribution in [0.3, 0.4) is 0 Å². The van der Waals surface area contributed by atoms with Crippen LogP contribution in [0.15, 0.2) is 72.8 Å². The summed E-state index contributed by atoms with van der Waals surface area (Å²) in [6.45, 7) is 14.4. The number of carbonyl (C=O) groups excluding carboxylic acids is 5. The number of piperazine rings is 1. The van der Waals surface area contributed by atoms with Gasteiger partial charge in [0.05, 0.1) is 40.8 Å². The molecule has 2 fully saturated rings. The molecule has 7 aromatic rings. The minimum absolute atomic E-state index is 0.189. The normalized spacial score (nSPS) is 15.6. The highest BCUT2D eigenvalue weighted by Crippen LogP contribution is 2.43. The smallest absolute Gasteiger partial charge is 0.355 e. The fourth-order valence-electron chi connectivity index (χ4n) is 10.3. The number of pyridine rings is 1. The molecule has 15 nitrogen and oxygen atoms in total. The molecule has 4 aromatic carbocycles. The highest BCUT2D eigenvalue weighted by atomic mass is 35.5. The number of nitrogens with zero attached hydrogens (tertiary/aromatic N) is 6. The average molecular weight is 1010 g/mol. The van der Waals surface area contributed by atoms with E-state index >= 15 is 0 Å². The van der Waals surface area contributed by atoms with Gasteiger partial charge in [0.25, 0.3) is 5.91 Å². The third-order valence-corrected chi connectivity index (χ3v) is 14.3. The summed E-state index contributed by atoms with van der Waals surface area (Å²) < 4.78 is 30.4. The first-order valence-corrected chi connectivity index (χ1v) is 25.1. The second-order valence-electron chi connectivity index (χ2n) is 20.0. The number of amides is 4. The fraction of sp³-hybridized carbons (Fsp3) is 0.375. The number of piperidine rings is 1. The predicted molar refractivity (Wildman–Crippen MR) is 278 cm³/mol. The second-order valence-corrected chi connectivity index (χ2v) is 20.4. The maximum Gasteiger partial charge on any atom is 0.355 e. The molecule has 2 aliphatic rings. The zero-order valence-electron chi connectivity index (χ0n) is 42.3. The molecule has 4 amide bonds. The number of aromatic nitrogens is 4. The van der Waals surface area contributed by atoms with Gasteiger partial charge in [0, 0.05) is 97.0 Å². The average Bonchev–Trinajstić information content (AvgIpc) is 3.80. The monoisotopic (exact) mass is 1010 g/mol. The number of halogens is 2. The van der Waals surface area contributed by atoms with Crippen LogP contribution in [0.5, 0.6) is 5.75 Å². The van der Waals surface area contributed by atoms with E-state index in [9.17, 15) is 28.4 Å². The summed E-state index contributed by atoms with van der Waals surface area (Å²) in [7, 11) is 1.90. The largest absolute Gasteiger partial charge is 0.493 e. The third kappa shape index (κ3) is 10.7. The molecule has 2 N–H and O–H groups in total. The van der Waals surface area contributed by atoms with Crippen molar-refractivity contribution in [2.75, 3.05) is 45.9 Å². The molecule has 1 unspecified atom stereocenters. The number of fused-ring (bicyclic) bond motifs is 3. The standard InChI is InChI=1S/C56H60ClFN8O7/c1-32-43(42-17-20-47(67)61-54(42)70)30-37-28-36(13-19-45(37)60-32)53(69)59-31-48(68)65-24-21-64(22-25-65)23-26-66-51-41(16-18-44(57)50(51)49-33(2)62-63(7)34(49)3)40(52(66)55(71)73-56(4,5)6)11-9-27-72-46-12-8-10-35-29-38(58)14-15-39(35)46/h8,10,12-16,18-19,28-30,42H,9,11,17,20-27,31H2,1-7H3,(H,59,69)(H,61,67,70). The number of esters is 1. The van der Waals surface area contributed by atoms with E-state index in [2.05, 4.69) is 25.1 Å². The van der Waals surface area contributed by atoms with Crippen molar-refractivity contribution in [2.45, 2.75) is 85.3 Å². The zero-order chi connectivity index (χ0) is 51.9. The van der Waals surface area contributed by atoms with Crippen molar-refractivity contribution in [1.82, 2.24) is 39.8 Å². The van der Waals surface area contributed by atoms with Crippen LogP contribution in [-0.2, 0) is 39.1 Å². The predicted octanol–water partition coefficient (Wildman–Crippen LogP) is 8.52. The van der Waals surface area contributed by atoms with E-state index in [-0.39, 0.29) is 36.5 Å². The molecule has 0 saturated carbocycles. The van der Waals surface area contributed by atoms with E-state index in [0.29, 0.717) is 109 Å². The molecule has 1 atom stereocenters. The van der Waals surface area contributed by atoms with E-state index in [1.54, 1.807) is 29.2 Å². The Balaban J connectivity index is 0.918. The lowest BCUT2D eigenvalue weighted by atomic mass is 9.88. The molecule has 0 spiro atoms. The summed E-state index contributed by atoms with van der Waals surface area (Å²) in [5.74, 6) is -1.92. The lowest BCUT2D eigenvalue weighted by Gasteiger charge is -2.35. The summed E-state index contributed by atoms with van der Waals surface area (Å²) in [4.78, 5) is 74.7. The Morgan fingerprint density at radius 3 is 2.38 bits per heavy atom. The SMILES string of the molecule is Cc1nc2ccc(C(=O)NCC(=O)N3CCN(CCn4c(C(=O)OC(C)(C)C)c(CCCOc5cccc6cc(F)ccc56)c5ccc(Cl)c(-c6c(C)nn(C)c6C)c54)CC3)cc2cc1C1CCC(=O)NC1=O. The second kappa shape index (κ2) is 20.7. The minimum Gasteiger partial charge on any atom is -0.493 e. The van der Waals surface area contributed by atoms with Crippen molar-refractivity contribution in [3.05, 3.63) is 123 Å². The number of benzene rings is 4. The van der Waals surface area contributed by atoms with Crippen LogP contribution < -0.4 is 15.4 Å². The fourth-order valence-corrected chi connectivity index (χ4v) is 10.5. The van der Waals surface area contributed by atoms with Crippen LogP contribution in [-0.4, -0.2) is 110 Å². The molecule has 0 bridgehead atoms. The molecule has 0 aliphatic carbocycles. The molecule has 0 radical (unpaired) electrons. The maximum absolute atomic E-state index is 14.6. The first-order valence-electron chi connectivity index (χ1n) is 24.8. The van der Waals surface area contributed by atoms with Gasteiger partial charge in [-0.2, -0.15) is 5.10 Å². The molecular formula is C56H60ClFN8O7. The minimum atomic E-state index is -0.790. The summed E-state index contributed by atoms with van der Waals surface area (Å²) in [6, 6.07) is 21.0. The van der Waals surface area contributed by atoms with Crippen molar-refractivity contribution >= 4 is 73.8 Å². The summed E-state index contributed by atoms with van der Waals surface area (Å²) in [5.41, 5.74) is 7.05. The molecule has 3 aromatic heterocycles. The molecule has 380 valence electrons. The number of hydrogen-bond acceptors (Lipinski definition) is 10. The van der Waals surface area contributed by atoms with Gasteiger partial charge in [0.2, 0.25) is 17.7 Å². The van der Waals surface area contributed by atoms with Crippen LogP contribution in [0.25, 0.3) is 43.7 Å². The van der Waals surface area contributed by atoms with Crippen LogP contribution in [0, 0.1) is 26.6 Å². The molecule has 2 aliphatic heterocycles. The van der Waals surface area contributed by atoms with E-state index in [1.807, 2.05) is 89.7 Å². The van der Waals surface area contributed by atoms with Crippen LogP contribution in [0.4, 0.5) is 4.39 Å². The van der Waals surface area contributed by atoms with Gasteiger partial charge in [0.15, 0.2) is 0 Å².